The molecule has 0 fully saturated rings. The zero-order chi connectivity index (χ0) is 22.0. The molecule has 0 spiro atoms. The maximum atomic E-state index is 12.8. The van der Waals surface area contributed by atoms with Gasteiger partial charge in [-0.25, -0.2) is 4.98 Å². The van der Waals surface area contributed by atoms with Crippen LogP contribution in [0.5, 0.6) is 0 Å². The normalized spacial score (nSPS) is 10.9. The second-order valence-corrected chi connectivity index (χ2v) is 8.20. The van der Waals surface area contributed by atoms with Gasteiger partial charge in [-0.05, 0) is 43.7 Å². The fourth-order valence-corrected chi connectivity index (χ4v) is 4.18. The molecule has 0 radical (unpaired) electrons. The highest BCUT2D eigenvalue weighted by Gasteiger charge is 2.16. The van der Waals surface area contributed by atoms with Crippen molar-refractivity contribution < 1.29 is 14.0 Å². The molecular weight excluding hydrogens is 416 g/mol. The number of amides is 2. The molecule has 0 aliphatic rings. The smallest absolute Gasteiger partial charge is 0.262 e. The van der Waals surface area contributed by atoms with Gasteiger partial charge in [0.1, 0.15) is 17.1 Å². The highest BCUT2D eigenvalue weighted by Crippen LogP contribution is 2.25. The summed E-state index contributed by atoms with van der Waals surface area (Å²) >= 11 is 1.46. The van der Waals surface area contributed by atoms with Gasteiger partial charge in [0.25, 0.3) is 11.5 Å². The highest BCUT2D eigenvalue weighted by atomic mass is 32.1. The zero-order valence-electron chi connectivity index (χ0n) is 17.0. The van der Waals surface area contributed by atoms with Gasteiger partial charge in [0.05, 0.1) is 35.8 Å². The molecule has 0 aliphatic heterocycles. The first kappa shape index (κ1) is 20.5. The van der Waals surface area contributed by atoms with Crippen LogP contribution in [0.1, 0.15) is 26.6 Å². The Bertz CT molecular complexity index is 1320. The number of aryl methyl sites for hydroxylation is 2. The molecule has 158 valence electrons. The summed E-state index contributed by atoms with van der Waals surface area (Å²) in [5, 5.41) is 6.01. The van der Waals surface area contributed by atoms with Crippen molar-refractivity contribution in [2.45, 2.75) is 26.9 Å². The largest absolute Gasteiger partial charge is 0.467 e. The van der Waals surface area contributed by atoms with Crippen molar-refractivity contribution in [3.63, 3.8) is 0 Å². The van der Waals surface area contributed by atoms with Crippen LogP contribution in [0.25, 0.3) is 10.2 Å². The number of hydrogen-bond donors (Lipinski definition) is 2. The van der Waals surface area contributed by atoms with E-state index < -0.39 is 5.91 Å². The number of carbonyl (C=O) groups is 2. The van der Waals surface area contributed by atoms with E-state index in [1.165, 1.54) is 28.5 Å². The Morgan fingerprint density at radius 1 is 1.16 bits per heavy atom. The minimum Gasteiger partial charge on any atom is -0.467 e. The van der Waals surface area contributed by atoms with Crippen LogP contribution in [0, 0.1) is 13.8 Å². The molecule has 2 amide bonds. The van der Waals surface area contributed by atoms with Gasteiger partial charge in [-0.3, -0.25) is 19.0 Å². The molecule has 0 atom stereocenters. The topological polar surface area (TPSA) is 106 Å². The molecule has 2 N–H and O–H groups in total. The van der Waals surface area contributed by atoms with Crippen molar-refractivity contribution in [1.29, 1.82) is 0 Å². The van der Waals surface area contributed by atoms with E-state index in [2.05, 4.69) is 15.6 Å². The van der Waals surface area contributed by atoms with E-state index in [1.807, 2.05) is 13.8 Å². The third-order valence-electron chi connectivity index (χ3n) is 4.92. The number of hydrogen-bond acceptors (Lipinski definition) is 6. The lowest BCUT2D eigenvalue weighted by molar-refractivity contribution is -0.116. The van der Waals surface area contributed by atoms with Gasteiger partial charge < -0.3 is 15.1 Å². The predicted octanol–water partition coefficient (Wildman–Crippen LogP) is 3.24. The summed E-state index contributed by atoms with van der Waals surface area (Å²) in [5.41, 5.74) is 1.29. The van der Waals surface area contributed by atoms with Gasteiger partial charge in [0, 0.05) is 4.88 Å². The van der Waals surface area contributed by atoms with Crippen molar-refractivity contribution in [2.75, 3.05) is 5.32 Å². The summed E-state index contributed by atoms with van der Waals surface area (Å²) in [5.74, 6) is -0.160. The third-order valence-corrected chi connectivity index (χ3v) is 6.03. The van der Waals surface area contributed by atoms with E-state index in [4.69, 9.17) is 4.42 Å². The number of nitrogens with one attached hydrogen (secondary N) is 2. The monoisotopic (exact) mass is 436 g/mol. The summed E-state index contributed by atoms with van der Waals surface area (Å²) in [6.07, 6.45) is 2.91. The SMILES string of the molecule is Cc1sc2ncn(CC(=O)Nc3ccccc3C(=O)NCc3ccco3)c(=O)c2c1C. The molecule has 1 aromatic carbocycles. The number of rotatable bonds is 6. The zero-order valence-corrected chi connectivity index (χ0v) is 17.8. The molecule has 0 aliphatic carbocycles. The van der Waals surface area contributed by atoms with E-state index >= 15 is 0 Å². The number of aromatic nitrogens is 2. The Hall–Kier alpha value is -3.72. The number of para-hydroxylation sites is 1. The quantitative estimate of drug-likeness (QED) is 0.483. The lowest BCUT2D eigenvalue weighted by Crippen LogP contribution is -2.29. The second kappa shape index (κ2) is 8.57. The van der Waals surface area contributed by atoms with Crippen LogP contribution < -0.4 is 16.2 Å². The molecule has 0 bridgehead atoms. The highest BCUT2D eigenvalue weighted by molar-refractivity contribution is 7.18. The Morgan fingerprint density at radius 3 is 2.74 bits per heavy atom. The Labute approximate surface area is 181 Å². The number of anilines is 1. The molecule has 9 heteroatoms. The summed E-state index contributed by atoms with van der Waals surface area (Å²) in [4.78, 5) is 44.0. The van der Waals surface area contributed by atoms with Gasteiger partial charge in [-0.2, -0.15) is 0 Å². The van der Waals surface area contributed by atoms with Crippen LogP contribution in [0.15, 0.2) is 58.2 Å². The number of nitrogens with zero attached hydrogens (tertiary/aromatic N) is 2. The van der Waals surface area contributed by atoms with Crippen molar-refractivity contribution in [3.05, 3.63) is 81.1 Å². The average molecular weight is 436 g/mol. The number of furan rings is 1. The summed E-state index contributed by atoms with van der Waals surface area (Å²) in [7, 11) is 0. The Morgan fingerprint density at radius 2 is 1.97 bits per heavy atom. The maximum Gasteiger partial charge on any atom is 0.262 e. The van der Waals surface area contributed by atoms with Crippen LogP contribution in [0.3, 0.4) is 0 Å². The molecule has 4 rings (SSSR count). The number of thiophene rings is 1. The van der Waals surface area contributed by atoms with Crippen molar-refractivity contribution >= 4 is 39.1 Å². The number of fused-ring (bicyclic) bond motifs is 1. The van der Waals surface area contributed by atoms with E-state index in [0.29, 0.717) is 27.2 Å². The average Bonchev–Trinajstić information content (AvgIpc) is 3.37. The first-order valence-electron chi connectivity index (χ1n) is 9.58. The first-order valence-corrected chi connectivity index (χ1v) is 10.4. The predicted molar refractivity (Wildman–Crippen MR) is 118 cm³/mol. The molecule has 4 aromatic rings. The molecule has 0 unspecified atom stereocenters. The molecule has 0 saturated heterocycles. The van der Waals surface area contributed by atoms with Gasteiger partial charge in [0.15, 0.2) is 0 Å². The van der Waals surface area contributed by atoms with Gasteiger partial charge in [0.2, 0.25) is 5.91 Å². The van der Waals surface area contributed by atoms with Crippen LogP contribution in [-0.4, -0.2) is 21.4 Å². The van der Waals surface area contributed by atoms with Crippen LogP contribution >= 0.6 is 11.3 Å². The molecule has 3 heterocycles. The summed E-state index contributed by atoms with van der Waals surface area (Å²) in [6.45, 7) is 3.83. The first-order chi connectivity index (χ1) is 14.9. The molecule has 3 aromatic heterocycles. The Balaban J connectivity index is 1.50. The molecular formula is C22H20N4O4S. The molecule has 31 heavy (non-hydrogen) atoms. The van der Waals surface area contributed by atoms with E-state index in [1.54, 1.807) is 36.4 Å². The van der Waals surface area contributed by atoms with Gasteiger partial charge >= 0.3 is 0 Å². The Kier molecular flexibility index (Phi) is 5.68. The second-order valence-electron chi connectivity index (χ2n) is 7.00. The van der Waals surface area contributed by atoms with E-state index in [0.717, 1.165) is 10.4 Å². The number of carbonyl (C=O) groups excluding carboxylic acids is 2. The fraction of sp³-hybridized carbons (Fsp3) is 0.182. The fourth-order valence-electron chi connectivity index (χ4n) is 3.19. The maximum absolute atomic E-state index is 12.8. The van der Waals surface area contributed by atoms with Crippen LogP contribution in [0.4, 0.5) is 5.69 Å². The molecule has 8 nitrogen and oxygen atoms in total. The molecule has 0 saturated carbocycles. The standard InChI is InChI=1S/C22H20N4O4S/c1-13-14(2)31-21-19(13)22(29)26(12-24-21)11-18(27)25-17-8-4-3-7-16(17)20(28)23-10-15-6-5-9-30-15/h3-9,12H,10-11H2,1-2H3,(H,23,28)(H,25,27). The minimum absolute atomic E-state index is 0.210. The van der Waals surface area contributed by atoms with Crippen LogP contribution in [-0.2, 0) is 17.9 Å². The van der Waals surface area contributed by atoms with Crippen molar-refractivity contribution in [3.8, 4) is 0 Å². The summed E-state index contributed by atoms with van der Waals surface area (Å²) in [6, 6.07) is 10.2. The van der Waals surface area contributed by atoms with E-state index in [-0.39, 0.29) is 24.6 Å². The van der Waals surface area contributed by atoms with Crippen LogP contribution in [0.2, 0.25) is 0 Å². The van der Waals surface area contributed by atoms with Gasteiger partial charge in [-0.15, -0.1) is 11.3 Å². The minimum atomic E-state index is -0.431. The number of benzene rings is 1. The lowest BCUT2D eigenvalue weighted by atomic mass is 10.1. The third kappa shape index (κ3) is 4.26. The summed E-state index contributed by atoms with van der Waals surface area (Å²) < 4.78 is 6.48. The van der Waals surface area contributed by atoms with Crippen molar-refractivity contribution in [1.82, 2.24) is 14.9 Å². The van der Waals surface area contributed by atoms with Gasteiger partial charge in [-0.1, -0.05) is 12.1 Å². The lowest BCUT2D eigenvalue weighted by Gasteiger charge is -2.12. The van der Waals surface area contributed by atoms with E-state index in [9.17, 15) is 14.4 Å². The van der Waals surface area contributed by atoms with Crippen molar-refractivity contribution in [2.24, 2.45) is 0 Å².